The lowest BCUT2D eigenvalue weighted by Crippen LogP contribution is -2.40. The lowest BCUT2D eigenvalue weighted by molar-refractivity contribution is -0.132. The number of aromatic hydroxyl groups is 1. The first-order chi connectivity index (χ1) is 13.6. The molecule has 1 saturated heterocycles. The monoisotopic (exact) mass is 376 g/mol. The molecule has 0 radical (unpaired) electrons. The van der Waals surface area contributed by atoms with Crippen LogP contribution in [0.25, 0.3) is 10.9 Å². The van der Waals surface area contributed by atoms with E-state index < -0.39 is 0 Å². The minimum atomic E-state index is -0.0535. The highest BCUT2D eigenvalue weighted by molar-refractivity contribution is 5.98. The van der Waals surface area contributed by atoms with Gasteiger partial charge in [-0.2, -0.15) is 0 Å². The van der Waals surface area contributed by atoms with Gasteiger partial charge in [0, 0.05) is 48.1 Å². The maximum Gasteiger partial charge on any atom is 0.222 e. The van der Waals surface area contributed by atoms with E-state index in [0.29, 0.717) is 37.9 Å². The largest absolute Gasteiger partial charge is 0.508 e. The number of rotatable bonds is 5. The number of aromatic amines is 1. The average molecular weight is 376 g/mol. The second kappa shape index (κ2) is 7.89. The Morgan fingerprint density at radius 3 is 2.50 bits per heavy atom. The predicted octanol–water partition coefficient (Wildman–Crippen LogP) is 3.93. The van der Waals surface area contributed by atoms with Gasteiger partial charge in [0.05, 0.1) is 0 Å². The van der Waals surface area contributed by atoms with Crippen LogP contribution in [-0.2, 0) is 11.2 Å². The fourth-order valence-electron chi connectivity index (χ4n) is 3.99. The number of amides is 1. The number of benzene rings is 2. The summed E-state index contributed by atoms with van der Waals surface area (Å²) in [5.74, 6) is 0.362. The number of hydrogen-bond donors (Lipinski definition) is 2. The Labute approximate surface area is 164 Å². The molecule has 1 aromatic heterocycles. The number of para-hydroxylation sites is 1. The summed E-state index contributed by atoms with van der Waals surface area (Å²) in [7, 11) is 0. The predicted molar refractivity (Wildman–Crippen MR) is 108 cm³/mol. The van der Waals surface area contributed by atoms with Gasteiger partial charge in [0.2, 0.25) is 5.91 Å². The van der Waals surface area contributed by atoms with E-state index in [1.807, 2.05) is 29.3 Å². The van der Waals surface area contributed by atoms with Gasteiger partial charge in [-0.3, -0.25) is 9.59 Å². The van der Waals surface area contributed by atoms with Crippen LogP contribution in [0.15, 0.2) is 54.7 Å². The summed E-state index contributed by atoms with van der Waals surface area (Å²) >= 11 is 0. The topological polar surface area (TPSA) is 73.4 Å². The van der Waals surface area contributed by atoms with Gasteiger partial charge in [-0.25, -0.2) is 0 Å². The number of ketones is 1. The van der Waals surface area contributed by atoms with Crippen LogP contribution in [0.1, 0.15) is 35.2 Å². The Bertz CT molecular complexity index is 983. The summed E-state index contributed by atoms with van der Waals surface area (Å²) in [6.45, 7) is 1.25. The Balaban J connectivity index is 1.30. The van der Waals surface area contributed by atoms with Gasteiger partial charge < -0.3 is 15.0 Å². The lowest BCUT2D eigenvalue weighted by Gasteiger charge is -2.31. The summed E-state index contributed by atoms with van der Waals surface area (Å²) in [6, 6.07) is 14.5. The van der Waals surface area contributed by atoms with E-state index in [-0.39, 0.29) is 23.4 Å². The lowest BCUT2D eigenvalue weighted by atomic mass is 9.88. The molecule has 5 heteroatoms. The van der Waals surface area contributed by atoms with Gasteiger partial charge in [-0.05, 0) is 55.2 Å². The third-order valence-electron chi connectivity index (χ3n) is 5.65. The molecule has 0 spiro atoms. The molecule has 4 rings (SSSR count). The quantitative estimate of drug-likeness (QED) is 0.663. The van der Waals surface area contributed by atoms with E-state index in [9.17, 15) is 14.7 Å². The zero-order valence-electron chi connectivity index (χ0n) is 15.7. The van der Waals surface area contributed by atoms with Gasteiger partial charge >= 0.3 is 0 Å². The van der Waals surface area contributed by atoms with Crippen molar-refractivity contribution in [2.75, 3.05) is 13.1 Å². The Morgan fingerprint density at radius 1 is 1.04 bits per heavy atom. The molecule has 1 amide bonds. The van der Waals surface area contributed by atoms with Crippen molar-refractivity contribution >= 4 is 22.6 Å². The fourth-order valence-corrected chi connectivity index (χ4v) is 3.99. The zero-order chi connectivity index (χ0) is 19.5. The van der Waals surface area contributed by atoms with Gasteiger partial charge in [-0.1, -0.05) is 18.2 Å². The number of fused-ring (bicyclic) bond motifs is 1. The highest BCUT2D eigenvalue weighted by Gasteiger charge is 2.27. The SMILES string of the molecule is O=C(c1ccc(O)cc1)C1CCN(C(=O)CCc2c[nH]c3ccccc23)CC1. The summed E-state index contributed by atoms with van der Waals surface area (Å²) < 4.78 is 0. The Morgan fingerprint density at radius 2 is 1.75 bits per heavy atom. The van der Waals surface area contributed by atoms with E-state index >= 15 is 0 Å². The zero-order valence-corrected chi connectivity index (χ0v) is 15.7. The molecular weight excluding hydrogens is 352 g/mol. The summed E-state index contributed by atoms with van der Waals surface area (Å²) in [4.78, 5) is 30.4. The van der Waals surface area contributed by atoms with Gasteiger partial charge in [0.25, 0.3) is 0 Å². The standard InChI is InChI=1S/C23H24N2O3/c26-19-8-5-16(6-9-19)23(28)17-11-13-25(14-12-17)22(27)10-7-18-15-24-21-4-2-1-3-20(18)21/h1-6,8-9,15,17,24,26H,7,10-14H2. The Kier molecular flexibility index (Phi) is 5.15. The van der Waals surface area contributed by atoms with E-state index in [4.69, 9.17) is 0 Å². The number of aromatic nitrogens is 1. The summed E-state index contributed by atoms with van der Waals surface area (Å²) in [6.07, 6.45) is 4.57. The number of H-pyrrole nitrogens is 1. The molecule has 1 aliphatic heterocycles. The molecule has 144 valence electrons. The van der Waals surface area contributed by atoms with Crippen molar-refractivity contribution in [1.29, 1.82) is 0 Å². The third-order valence-corrected chi connectivity index (χ3v) is 5.65. The van der Waals surface area contributed by atoms with Crippen molar-refractivity contribution in [2.45, 2.75) is 25.7 Å². The van der Waals surface area contributed by atoms with Crippen molar-refractivity contribution in [3.05, 3.63) is 65.9 Å². The number of nitrogens with zero attached hydrogens (tertiary/aromatic N) is 1. The molecule has 0 saturated carbocycles. The minimum absolute atomic E-state index is 0.0535. The number of phenolic OH excluding ortho intramolecular Hbond substituents is 1. The number of phenols is 1. The number of carbonyl (C=O) groups is 2. The van der Waals surface area contributed by atoms with Crippen LogP contribution in [0.2, 0.25) is 0 Å². The first-order valence-corrected chi connectivity index (χ1v) is 9.78. The normalized spacial score (nSPS) is 15.1. The maximum absolute atomic E-state index is 12.6. The van der Waals surface area contributed by atoms with E-state index in [1.54, 1.807) is 12.1 Å². The Hall–Kier alpha value is -3.08. The number of aryl methyl sites for hydroxylation is 1. The van der Waals surface area contributed by atoms with Crippen molar-refractivity contribution in [3.63, 3.8) is 0 Å². The number of likely N-dealkylation sites (tertiary alicyclic amines) is 1. The molecule has 0 aliphatic carbocycles. The molecule has 3 aromatic rings. The second-order valence-corrected chi connectivity index (χ2v) is 7.43. The van der Waals surface area contributed by atoms with E-state index in [0.717, 1.165) is 11.9 Å². The van der Waals surface area contributed by atoms with Crippen molar-refractivity contribution in [1.82, 2.24) is 9.88 Å². The van der Waals surface area contributed by atoms with Crippen molar-refractivity contribution in [3.8, 4) is 5.75 Å². The van der Waals surface area contributed by atoms with Crippen LogP contribution >= 0.6 is 0 Å². The molecule has 0 atom stereocenters. The van der Waals surface area contributed by atoms with Crippen molar-refractivity contribution < 1.29 is 14.7 Å². The number of piperidine rings is 1. The maximum atomic E-state index is 12.6. The second-order valence-electron chi connectivity index (χ2n) is 7.43. The number of nitrogens with one attached hydrogen (secondary N) is 1. The van der Waals surface area contributed by atoms with E-state index in [1.165, 1.54) is 23.1 Å². The van der Waals surface area contributed by atoms with E-state index in [2.05, 4.69) is 11.1 Å². The first-order valence-electron chi connectivity index (χ1n) is 9.78. The molecule has 28 heavy (non-hydrogen) atoms. The highest BCUT2D eigenvalue weighted by atomic mass is 16.3. The van der Waals surface area contributed by atoms with Crippen LogP contribution in [0.5, 0.6) is 5.75 Å². The van der Waals surface area contributed by atoms with Crippen LogP contribution in [0.3, 0.4) is 0 Å². The van der Waals surface area contributed by atoms with Gasteiger partial charge in [0.15, 0.2) is 5.78 Å². The van der Waals surface area contributed by atoms with Gasteiger partial charge in [0.1, 0.15) is 5.75 Å². The molecule has 1 aliphatic rings. The van der Waals surface area contributed by atoms with Crippen LogP contribution < -0.4 is 0 Å². The third kappa shape index (κ3) is 3.79. The molecule has 1 fully saturated rings. The molecule has 2 N–H and O–H groups in total. The molecule has 2 heterocycles. The van der Waals surface area contributed by atoms with Crippen LogP contribution in [0.4, 0.5) is 0 Å². The highest BCUT2D eigenvalue weighted by Crippen LogP contribution is 2.24. The number of Topliss-reactive ketones (excluding diaryl/α,β-unsaturated/α-hetero) is 1. The number of carbonyl (C=O) groups excluding carboxylic acids is 2. The minimum Gasteiger partial charge on any atom is -0.508 e. The molecule has 2 aromatic carbocycles. The fraction of sp³-hybridized carbons (Fsp3) is 0.304. The first kappa shape index (κ1) is 18.3. The molecule has 0 unspecified atom stereocenters. The summed E-state index contributed by atoms with van der Waals surface area (Å²) in [5.41, 5.74) is 2.89. The van der Waals surface area contributed by atoms with Crippen LogP contribution in [-0.4, -0.2) is 39.8 Å². The molecule has 5 nitrogen and oxygen atoms in total. The molecule has 0 bridgehead atoms. The average Bonchev–Trinajstić information content (AvgIpc) is 3.15. The smallest absolute Gasteiger partial charge is 0.222 e. The molecular formula is C23H24N2O3. The van der Waals surface area contributed by atoms with Crippen molar-refractivity contribution in [2.24, 2.45) is 5.92 Å². The van der Waals surface area contributed by atoms with Gasteiger partial charge in [-0.15, -0.1) is 0 Å². The van der Waals surface area contributed by atoms with Crippen LogP contribution in [0, 0.1) is 5.92 Å². The summed E-state index contributed by atoms with van der Waals surface area (Å²) in [5, 5.41) is 10.5. The number of hydrogen-bond acceptors (Lipinski definition) is 3.